The van der Waals surface area contributed by atoms with E-state index >= 15 is 0 Å². The maximum Gasteiger partial charge on any atom is 0.151 e. The first-order valence-corrected chi connectivity index (χ1v) is 4.66. The van der Waals surface area contributed by atoms with Crippen molar-refractivity contribution in [2.75, 3.05) is 0 Å². The van der Waals surface area contributed by atoms with E-state index in [4.69, 9.17) is 12.2 Å². The van der Waals surface area contributed by atoms with Crippen molar-refractivity contribution in [1.82, 2.24) is 4.72 Å². The van der Waals surface area contributed by atoms with Gasteiger partial charge in [-0.1, -0.05) is 30.4 Å². The zero-order chi connectivity index (χ0) is 7.84. The highest BCUT2D eigenvalue weighted by atomic mass is 32.2. The number of nitrogens with one attached hydrogen (secondary N) is 1. The summed E-state index contributed by atoms with van der Waals surface area (Å²) in [5.41, 5.74) is 0.890. The van der Waals surface area contributed by atoms with Crippen LogP contribution < -0.4 is 4.72 Å². The van der Waals surface area contributed by atoms with E-state index in [1.807, 2.05) is 24.3 Å². The Bertz CT molecular complexity index is 315. The van der Waals surface area contributed by atoms with E-state index in [1.165, 1.54) is 0 Å². The normalized spacial score (nSPS) is 21.1. The molecule has 0 saturated carbocycles. The number of hydrogen-bond acceptors (Lipinski definition) is 2. The van der Waals surface area contributed by atoms with E-state index in [0.717, 1.165) is 10.5 Å². The Morgan fingerprint density at radius 2 is 2.09 bits per heavy atom. The molecule has 0 aromatic heterocycles. The summed E-state index contributed by atoms with van der Waals surface area (Å²) >= 11 is 4.95. The van der Waals surface area contributed by atoms with Crippen LogP contribution in [-0.2, 0) is 11.0 Å². The lowest BCUT2D eigenvalue weighted by Crippen LogP contribution is -2.14. The summed E-state index contributed by atoms with van der Waals surface area (Å²) in [6.45, 7) is 0. The van der Waals surface area contributed by atoms with Crippen LogP contribution in [0, 0.1) is 0 Å². The third-order valence-corrected chi connectivity index (χ3v) is 3.11. The second-order valence-electron chi connectivity index (χ2n) is 2.20. The Labute approximate surface area is 72.2 Å². The summed E-state index contributed by atoms with van der Waals surface area (Å²) in [5, 5.41) is 0. The van der Waals surface area contributed by atoms with Crippen LogP contribution in [0.5, 0.6) is 0 Å². The first-order valence-electron chi connectivity index (χ1n) is 3.11. The highest BCUT2D eigenvalue weighted by molar-refractivity contribution is 7.88. The second kappa shape index (κ2) is 2.39. The van der Waals surface area contributed by atoms with Crippen LogP contribution in [0.4, 0.5) is 0 Å². The van der Waals surface area contributed by atoms with E-state index in [0.29, 0.717) is 4.99 Å². The minimum absolute atomic E-state index is 0.582. The van der Waals surface area contributed by atoms with Crippen molar-refractivity contribution < 1.29 is 4.21 Å². The summed E-state index contributed by atoms with van der Waals surface area (Å²) in [4.78, 5) is 1.37. The smallest absolute Gasteiger partial charge is 0.151 e. The molecule has 1 N–H and O–H groups in total. The van der Waals surface area contributed by atoms with E-state index in [9.17, 15) is 4.21 Å². The highest BCUT2D eigenvalue weighted by Gasteiger charge is 2.20. The van der Waals surface area contributed by atoms with Gasteiger partial charge in [-0.25, -0.2) is 4.21 Å². The van der Waals surface area contributed by atoms with Gasteiger partial charge in [-0.05, 0) is 6.07 Å². The zero-order valence-corrected chi connectivity index (χ0v) is 7.17. The van der Waals surface area contributed by atoms with Gasteiger partial charge >= 0.3 is 0 Å². The summed E-state index contributed by atoms with van der Waals surface area (Å²) in [7, 11) is -1.12. The molecular weight excluding hydrogens is 178 g/mol. The molecule has 1 aromatic carbocycles. The van der Waals surface area contributed by atoms with Crippen molar-refractivity contribution in [3.8, 4) is 0 Å². The molecule has 1 unspecified atom stereocenters. The van der Waals surface area contributed by atoms with Crippen LogP contribution >= 0.6 is 12.2 Å². The van der Waals surface area contributed by atoms with Crippen LogP contribution in [0.3, 0.4) is 0 Å². The van der Waals surface area contributed by atoms with Crippen molar-refractivity contribution in [1.29, 1.82) is 0 Å². The van der Waals surface area contributed by atoms with Crippen LogP contribution in [0.15, 0.2) is 29.2 Å². The number of benzene rings is 1. The summed E-state index contributed by atoms with van der Waals surface area (Å²) in [6, 6.07) is 7.43. The van der Waals surface area contributed by atoms with Gasteiger partial charge in [-0.15, -0.1) is 0 Å². The molecule has 0 aliphatic carbocycles. The lowest BCUT2D eigenvalue weighted by atomic mass is 10.2. The second-order valence-corrected chi connectivity index (χ2v) is 3.79. The van der Waals surface area contributed by atoms with Crippen LogP contribution in [0.25, 0.3) is 0 Å². The van der Waals surface area contributed by atoms with Gasteiger partial charge < -0.3 is 0 Å². The minimum Gasteiger partial charge on any atom is -0.291 e. The lowest BCUT2D eigenvalue weighted by Gasteiger charge is -1.90. The van der Waals surface area contributed by atoms with Gasteiger partial charge in [0.15, 0.2) is 11.0 Å². The number of thiocarbonyl (C=S) groups is 1. The quantitative estimate of drug-likeness (QED) is 0.608. The SMILES string of the molecule is O=S1NC(=S)c2ccccc21. The largest absolute Gasteiger partial charge is 0.291 e. The molecule has 1 aliphatic heterocycles. The Hall–Kier alpha value is -0.740. The number of rotatable bonds is 0. The Kier molecular flexibility index (Phi) is 1.51. The minimum atomic E-state index is -1.12. The van der Waals surface area contributed by atoms with Gasteiger partial charge in [0.05, 0.1) is 4.90 Å². The average molecular weight is 183 g/mol. The number of hydrogen-bond donors (Lipinski definition) is 1. The fourth-order valence-electron chi connectivity index (χ4n) is 1.01. The van der Waals surface area contributed by atoms with Crippen LogP contribution in [0.1, 0.15) is 5.56 Å². The third kappa shape index (κ3) is 0.985. The van der Waals surface area contributed by atoms with Crippen molar-refractivity contribution in [2.24, 2.45) is 0 Å². The number of fused-ring (bicyclic) bond motifs is 1. The predicted molar refractivity (Wildman–Crippen MR) is 47.7 cm³/mol. The Balaban J connectivity index is 2.69. The van der Waals surface area contributed by atoms with Gasteiger partial charge in [-0.3, -0.25) is 4.72 Å². The molecule has 1 heterocycles. The molecule has 0 spiro atoms. The van der Waals surface area contributed by atoms with Crippen molar-refractivity contribution in [2.45, 2.75) is 4.90 Å². The lowest BCUT2D eigenvalue weighted by molar-refractivity contribution is 0.683. The summed E-state index contributed by atoms with van der Waals surface area (Å²) < 4.78 is 13.9. The van der Waals surface area contributed by atoms with Crippen LogP contribution in [0.2, 0.25) is 0 Å². The molecule has 11 heavy (non-hydrogen) atoms. The monoisotopic (exact) mass is 183 g/mol. The van der Waals surface area contributed by atoms with E-state index in [2.05, 4.69) is 4.72 Å². The van der Waals surface area contributed by atoms with E-state index < -0.39 is 11.0 Å². The fraction of sp³-hybridized carbons (Fsp3) is 0. The molecule has 0 radical (unpaired) electrons. The molecule has 2 nitrogen and oxygen atoms in total. The highest BCUT2D eigenvalue weighted by Crippen LogP contribution is 2.18. The predicted octanol–water partition coefficient (Wildman–Crippen LogP) is 0.988. The van der Waals surface area contributed by atoms with Crippen molar-refractivity contribution >= 4 is 28.2 Å². The molecule has 0 fully saturated rings. The van der Waals surface area contributed by atoms with E-state index in [1.54, 1.807) is 0 Å². The molecule has 1 aliphatic rings. The topological polar surface area (TPSA) is 29.1 Å². The Morgan fingerprint density at radius 1 is 1.36 bits per heavy atom. The molecule has 0 amide bonds. The van der Waals surface area contributed by atoms with Gasteiger partial charge in [0.2, 0.25) is 0 Å². The standard InChI is InChI=1S/C7H5NOS2/c9-11-6-4-2-1-3-5(6)7(10)8-11/h1-4H,(H,8,10). The summed E-state index contributed by atoms with van der Waals surface area (Å²) in [5.74, 6) is 0. The van der Waals surface area contributed by atoms with Gasteiger partial charge in [-0.2, -0.15) is 0 Å². The first kappa shape index (κ1) is 6.94. The maximum atomic E-state index is 11.2. The molecule has 0 bridgehead atoms. The molecule has 2 rings (SSSR count). The zero-order valence-electron chi connectivity index (χ0n) is 5.53. The molecule has 56 valence electrons. The molecule has 4 heteroatoms. The van der Waals surface area contributed by atoms with Gasteiger partial charge in [0, 0.05) is 5.56 Å². The molecule has 1 atom stereocenters. The fourth-order valence-corrected chi connectivity index (χ4v) is 2.44. The van der Waals surface area contributed by atoms with E-state index in [-0.39, 0.29) is 0 Å². The van der Waals surface area contributed by atoms with Gasteiger partial charge in [0.25, 0.3) is 0 Å². The first-order chi connectivity index (χ1) is 5.29. The van der Waals surface area contributed by atoms with Crippen molar-refractivity contribution in [3.63, 3.8) is 0 Å². The third-order valence-electron chi connectivity index (χ3n) is 1.52. The Morgan fingerprint density at radius 3 is 2.82 bits per heavy atom. The molecule has 0 saturated heterocycles. The summed E-state index contributed by atoms with van der Waals surface area (Å²) in [6.07, 6.45) is 0. The van der Waals surface area contributed by atoms with Gasteiger partial charge in [0.1, 0.15) is 4.99 Å². The van der Waals surface area contributed by atoms with Crippen molar-refractivity contribution in [3.05, 3.63) is 29.8 Å². The average Bonchev–Trinajstić information content (AvgIpc) is 2.30. The van der Waals surface area contributed by atoms with Crippen LogP contribution in [-0.4, -0.2) is 9.20 Å². The maximum absolute atomic E-state index is 11.2. The molecule has 1 aromatic rings. The molecular formula is C7H5NOS2.